The lowest BCUT2D eigenvalue weighted by Gasteiger charge is -2.28. The summed E-state index contributed by atoms with van der Waals surface area (Å²) < 4.78 is 26.4. The lowest BCUT2D eigenvalue weighted by atomic mass is 10.2. The molecule has 7 heteroatoms. The molecule has 2 rings (SSSR count). The average molecular weight is 411 g/mol. The third-order valence-electron chi connectivity index (χ3n) is 3.48. The second-order valence-corrected chi connectivity index (χ2v) is 8.26. The minimum absolute atomic E-state index is 0.408. The molecule has 0 heterocycles. The van der Waals surface area contributed by atoms with Gasteiger partial charge in [0.2, 0.25) is 15.9 Å². The number of hydrogen-bond acceptors (Lipinski definition) is 3. The maximum atomic E-state index is 12.6. The van der Waals surface area contributed by atoms with Gasteiger partial charge in [-0.1, -0.05) is 24.3 Å². The molecule has 0 aromatic heterocycles. The molecular formula is C17H19BrN2O3S. The predicted octanol–water partition coefficient (Wildman–Crippen LogP) is 3.55. The van der Waals surface area contributed by atoms with Crippen LogP contribution in [-0.2, 0) is 14.8 Å². The first-order valence-electron chi connectivity index (χ1n) is 7.31. The highest BCUT2D eigenvalue weighted by atomic mass is 79.9. The van der Waals surface area contributed by atoms with E-state index in [2.05, 4.69) is 21.2 Å². The Labute approximate surface area is 150 Å². The van der Waals surface area contributed by atoms with E-state index in [4.69, 9.17) is 0 Å². The van der Waals surface area contributed by atoms with Crippen molar-refractivity contribution in [3.63, 3.8) is 0 Å². The summed E-state index contributed by atoms with van der Waals surface area (Å²) in [5.41, 5.74) is 1.97. The van der Waals surface area contributed by atoms with E-state index >= 15 is 0 Å². The number of anilines is 2. The lowest BCUT2D eigenvalue weighted by Crippen LogP contribution is -2.45. The molecule has 2 aromatic carbocycles. The van der Waals surface area contributed by atoms with Crippen LogP contribution in [-0.4, -0.2) is 26.6 Å². The van der Waals surface area contributed by atoms with Crippen LogP contribution in [0.4, 0.5) is 11.4 Å². The SMILES string of the molecule is Cc1cccc(N([C@@H](C)C(=O)Nc2ccccc2Br)S(C)(=O)=O)c1. The second kappa shape index (κ2) is 7.36. The van der Waals surface area contributed by atoms with Gasteiger partial charge in [-0.3, -0.25) is 9.10 Å². The highest BCUT2D eigenvalue weighted by Gasteiger charge is 2.29. The zero-order valence-corrected chi connectivity index (χ0v) is 16.1. The number of rotatable bonds is 5. The number of carbonyl (C=O) groups is 1. The monoisotopic (exact) mass is 410 g/mol. The van der Waals surface area contributed by atoms with E-state index in [1.54, 1.807) is 43.3 Å². The first-order valence-corrected chi connectivity index (χ1v) is 9.96. The minimum Gasteiger partial charge on any atom is -0.323 e. The third kappa shape index (κ3) is 4.36. The highest BCUT2D eigenvalue weighted by Crippen LogP contribution is 2.25. The summed E-state index contributed by atoms with van der Waals surface area (Å²) in [6.45, 7) is 3.44. The summed E-state index contributed by atoms with van der Waals surface area (Å²) in [7, 11) is -3.62. The number of aryl methyl sites for hydroxylation is 1. The molecule has 0 fully saturated rings. The van der Waals surface area contributed by atoms with Crippen molar-refractivity contribution in [2.45, 2.75) is 19.9 Å². The van der Waals surface area contributed by atoms with Crippen molar-refractivity contribution in [1.82, 2.24) is 0 Å². The molecule has 24 heavy (non-hydrogen) atoms. The van der Waals surface area contributed by atoms with Gasteiger partial charge in [-0.25, -0.2) is 8.42 Å². The van der Waals surface area contributed by atoms with Crippen LogP contribution >= 0.6 is 15.9 Å². The van der Waals surface area contributed by atoms with Gasteiger partial charge in [-0.2, -0.15) is 0 Å². The quantitative estimate of drug-likeness (QED) is 0.819. The van der Waals surface area contributed by atoms with Crippen LogP contribution in [0.1, 0.15) is 12.5 Å². The molecule has 0 aliphatic heterocycles. The molecule has 0 saturated heterocycles. The van der Waals surface area contributed by atoms with Crippen LogP contribution in [0.3, 0.4) is 0 Å². The molecule has 1 amide bonds. The van der Waals surface area contributed by atoms with Crippen molar-refractivity contribution in [3.05, 3.63) is 58.6 Å². The van der Waals surface area contributed by atoms with Crippen molar-refractivity contribution in [2.24, 2.45) is 0 Å². The Kier molecular flexibility index (Phi) is 5.66. The number of halogens is 1. The van der Waals surface area contributed by atoms with Crippen LogP contribution in [0, 0.1) is 6.92 Å². The maximum Gasteiger partial charge on any atom is 0.248 e. The van der Waals surface area contributed by atoms with Gasteiger partial charge in [-0.05, 0) is 59.6 Å². The van der Waals surface area contributed by atoms with Gasteiger partial charge in [0.1, 0.15) is 6.04 Å². The Balaban J connectivity index is 2.33. The van der Waals surface area contributed by atoms with E-state index in [1.807, 2.05) is 19.1 Å². The fraction of sp³-hybridized carbons (Fsp3) is 0.235. The number of sulfonamides is 1. The third-order valence-corrected chi connectivity index (χ3v) is 5.41. The topological polar surface area (TPSA) is 66.5 Å². The number of amides is 1. The summed E-state index contributed by atoms with van der Waals surface area (Å²) in [5, 5.41) is 2.75. The van der Waals surface area contributed by atoms with Crippen molar-refractivity contribution < 1.29 is 13.2 Å². The molecule has 2 aromatic rings. The summed E-state index contributed by atoms with van der Waals surface area (Å²) in [4.78, 5) is 12.6. The van der Waals surface area contributed by atoms with Crippen LogP contribution in [0.2, 0.25) is 0 Å². The predicted molar refractivity (Wildman–Crippen MR) is 101 cm³/mol. The summed E-state index contributed by atoms with van der Waals surface area (Å²) >= 11 is 3.36. The Morgan fingerprint density at radius 1 is 1.17 bits per heavy atom. The molecule has 128 valence electrons. The number of nitrogens with zero attached hydrogens (tertiary/aromatic N) is 1. The molecule has 0 spiro atoms. The molecule has 5 nitrogen and oxygen atoms in total. The van der Waals surface area contributed by atoms with Crippen molar-refractivity contribution >= 4 is 43.2 Å². The summed E-state index contributed by atoms with van der Waals surface area (Å²) in [6, 6.07) is 13.3. The number of carbonyl (C=O) groups excluding carboxylic acids is 1. The van der Waals surface area contributed by atoms with Gasteiger partial charge < -0.3 is 5.32 Å². The molecular weight excluding hydrogens is 392 g/mol. The van der Waals surface area contributed by atoms with Crippen molar-refractivity contribution in [3.8, 4) is 0 Å². The summed E-state index contributed by atoms with van der Waals surface area (Å²) in [6.07, 6.45) is 1.09. The van der Waals surface area contributed by atoms with Gasteiger partial charge in [-0.15, -0.1) is 0 Å². The van der Waals surface area contributed by atoms with E-state index in [0.29, 0.717) is 11.4 Å². The molecule has 0 unspecified atom stereocenters. The van der Waals surface area contributed by atoms with Crippen LogP contribution in [0.15, 0.2) is 53.0 Å². The Morgan fingerprint density at radius 3 is 2.42 bits per heavy atom. The number of hydrogen-bond donors (Lipinski definition) is 1. The number of para-hydroxylation sites is 1. The fourth-order valence-corrected chi connectivity index (χ4v) is 3.92. The minimum atomic E-state index is -3.62. The van der Waals surface area contributed by atoms with Crippen molar-refractivity contribution in [2.75, 3.05) is 15.9 Å². The lowest BCUT2D eigenvalue weighted by molar-refractivity contribution is -0.116. The Bertz CT molecular complexity index is 852. The van der Waals surface area contributed by atoms with Crippen LogP contribution in [0.5, 0.6) is 0 Å². The fourth-order valence-electron chi connectivity index (χ4n) is 2.37. The maximum absolute atomic E-state index is 12.6. The summed E-state index contributed by atoms with van der Waals surface area (Å²) in [5.74, 6) is -0.408. The van der Waals surface area contributed by atoms with Crippen LogP contribution < -0.4 is 9.62 Å². The van der Waals surface area contributed by atoms with Crippen molar-refractivity contribution in [1.29, 1.82) is 0 Å². The van der Waals surface area contributed by atoms with Crippen LogP contribution in [0.25, 0.3) is 0 Å². The Morgan fingerprint density at radius 2 is 1.83 bits per heavy atom. The smallest absolute Gasteiger partial charge is 0.248 e. The van der Waals surface area contributed by atoms with E-state index in [9.17, 15) is 13.2 Å². The normalized spacial score (nSPS) is 12.5. The van der Waals surface area contributed by atoms with E-state index < -0.39 is 22.0 Å². The highest BCUT2D eigenvalue weighted by molar-refractivity contribution is 9.10. The standard InChI is InChI=1S/C17H19BrN2O3S/c1-12-7-6-8-14(11-12)20(24(3,22)23)13(2)17(21)19-16-10-5-4-9-15(16)18/h4-11,13H,1-3H3,(H,19,21)/t13-/m0/s1. The second-order valence-electron chi connectivity index (χ2n) is 5.54. The Hall–Kier alpha value is -1.86. The molecule has 0 saturated carbocycles. The van der Waals surface area contributed by atoms with E-state index in [0.717, 1.165) is 20.6 Å². The number of nitrogens with one attached hydrogen (secondary N) is 1. The van der Waals surface area contributed by atoms with Gasteiger partial charge in [0.25, 0.3) is 0 Å². The van der Waals surface area contributed by atoms with Gasteiger partial charge >= 0.3 is 0 Å². The molecule has 0 aliphatic rings. The average Bonchev–Trinajstić information content (AvgIpc) is 2.48. The first kappa shape index (κ1) is 18.5. The van der Waals surface area contributed by atoms with E-state index in [1.165, 1.54) is 0 Å². The van der Waals surface area contributed by atoms with E-state index in [-0.39, 0.29) is 0 Å². The van der Waals surface area contributed by atoms with Gasteiger partial charge in [0, 0.05) is 4.47 Å². The zero-order chi connectivity index (χ0) is 17.9. The molecule has 0 bridgehead atoms. The molecule has 0 radical (unpaired) electrons. The molecule has 0 aliphatic carbocycles. The number of benzene rings is 2. The molecule has 1 N–H and O–H groups in total. The largest absolute Gasteiger partial charge is 0.323 e. The molecule has 1 atom stereocenters. The van der Waals surface area contributed by atoms with Gasteiger partial charge in [0.05, 0.1) is 17.6 Å². The zero-order valence-electron chi connectivity index (χ0n) is 13.7. The first-order chi connectivity index (χ1) is 11.2. The van der Waals surface area contributed by atoms with Gasteiger partial charge in [0.15, 0.2) is 0 Å².